The number of rotatable bonds is 2. The zero-order valence-corrected chi connectivity index (χ0v) is 11.3. The minimum Gasteiger partial charge on any atom is -0.339 e. The zero-order valence-electron chi connectivity index (χ0n) is 11.3. The zero-order chi connectivity index (χ0) is 12.5. The Morgan fingerprint density at radius 3 is 2.53 bits per heavy atom. The van der Waals surface area contributed by atoms with Crippen LogP contribution >= 0.6 is 0 Å². The van der Waals surface area contributed by atoms with Crippen molar-refractivity contribution >= 4 is 0 Å². The third-order valence-electron chi connectivity index (χ3n) is 3.57. The Bertz CT molecular complexity index is 367. The fourth-order valence-electron chi connectivity index (χ4n) is 2.46. The van der Waals surface area contributed by atoms with Crippen LogP contribution < -0.4 is 5.32 Å². The molecule has 4 heteroatoms. The molecule has 1 fully saturated rings. The standard InChI is InChI=1S/C13H23N3O/c1-13(2,3)12-15-11(17-16-12)9-7-5-6-8-10(9)14-4/h9-10,14H,5-8H2,1-4H3. The fourth-order valence-corrected chi connectivity index (χ4v) is 2.46. The molecule has 4 nitrogen and oxygen atoms in total. The Morgan fingerprint density at radius 1 is 1.24 bits per heavy atom. The van der Waals surface area contributed by atoms with Gasteiger partial charge in [-0.15, -0.1) is 0 Å². The largest absolute Gasteiger partial charge is 0.339 e. The van der Waals surface area contributed by atoms with Crippen molar-refractivity contribution < 1.29 is 4.52 Å². The molecule has 2 atom stereocenters. The molecule has 1 saturated carbocycles. The lowest BCUT2D eigenvalue weighted by atomic mass is 9.84. The van der Waals surface area contributed by atoms with E-state index in [-0.39, 0.29) is 5.41 Å². The molecule has 0 aromatic carbocycles. The van der Waals surface area contributed by atoms with Gasteiger partial charge >= 0.3 is 0 Å². The van der Waals surface area contributed by atoms with E-state index in [4.69, 9.17) is 4.52 Å². The number of hydrogen-bond donors (Lipinski definition) is 1. The van der Waals surface area contributed by atoms with Gasteiger partial charge in [0.25, 0.3) is 0 Å². The van der Waals surface area contributed by atoms with Crippen molar-refractivity contribution in [1.82, 2.24) is 15.5 Å². The first kappa shape index (κ1) is 12.6. The van der Waals surface area contributed by atoms with Gasteiger partial charge in [-0.05, 0) is 19.9 Å². The summed E-state index contributed by atoms with van der Waals surface area (Å²) in [5, 5.41) is 7.49. The summed E-state index contributed by atoms with van der Waals surface area (Å²) in [7, 11) is 2.02. The molecule has 1 aromatic rings. The van der Waals surface area contributed by atoms with Crippen LogP contribution in [0.15, 0.2) is 4.52 Å². The molecule has 1 aromatic heterocycles. The molecule has 96 valence electrons. The van der Waals surface area contributed by atoms with E-state index in [1.54, 1.807) is 0 Å². The van der Waals surface area contributed by atoms with Crippen molar-refractivity contribution in [2.75, 3.05) is 7.05 Å². The van der Waals surface area contributed by atoms with Gasteiger partial charge < -0.3 is 9.84 Å². The quantitative estimate of drug-likeness (QED) is 0.859. The topological polar surface area (TPSA) is 51.0 Å². The molecule has 2 unspecified atom stereocenters. The molecule has 17 heavy (non-hydrogen) atoms. The lowest BCUT2D eigenvalue weighted by Crippen LogP contribution is -2.34. The molecule has 1 aliphatic rings. The number of nitrogens with zero attached hydrogens (tertiary/aromatic N) is 2. The highest BCUT2D eigenvalue weighted by Crippen LogP contribution is 2.33. The summed E-state index contributed by atoms with van der Waals surface area (Å²) in [6.45, 7) is 6.33. The molecule has 1 aliphatic carbocycles. The van der Waals surface area contributed by atoms with Crippen molar-refractivity contribution in [3.8, 4) is 0 Å². The first-order valence-corrected chi connectivity index (χ1v) is 6.53. The average Bonchev–Trinajstić information content (AvgIpc) is 2.77. The smallest absolute Gasteiger partial charge is 0.231 e. The first-order valence-electron chi connectivity index (χ1n) is 6.53. The van der Waals surface area contributed by atoms with E-state index in [0.29, 0.717) is 12.0 Å². The maximum atomic E-state index is 5.46. The summed E-state index contributed by atoms with van der Waals surface area (Å²) < 4.78 is 5.46. The molecule has 1 heterocycles. The summed E-state index contributed by atoms with van der Waals surface area (Å²) in [5.74, 6) is 2.01. The normalized spacial score (nSPS) is 26.1. The van der Waals surface area contributed by atoms with E-state index < -0.39 is 0 Å². The number of nitrogens with one attached hydrogen (secondary N) is 1. The van der Waals surface area contributed by atoms with Gasteiger partial charge in [0.1, 0.15) is 0 Å². The summed E-state index contributed by atoms with van der Waals surface area (Å²) in [4.78, 5) is 4.59. The summed E-state index contributed by atoms with van der Waals surface area (Å²) in [5.41, 5.74) is -0.0362. The van der Waals surface area contributed by atoms with E-state index in [0.717, 1.165) is 18.1 Å². The van der Waals surface area contributed by atoms with Crippen LogP contribution in [-0.2, 0) is 5.41 Å². The van der Waals surface area contributed by atoms with Crippen LogP contribution in [0.3, 0.4) is 0 Å². The second kappa shape index (κ2) is 4.77. The molecule has 0 amide bonds. The Kier molecular flexibility index (Phi) is 3.52. The lowest BCUT2D eigenvalue weighted by Gasteiger charge is -2.28. The predicted octanol–water partition coefficient (Wildman–Crippen LogP) is 2.61. The summed E-state index contributed by atoms with van der Waals surface area (Å²) in [6, 6.07) is 0.483. The highest BCUT2D eigenvalue weighted by molar-refractivity contribution is 5.05. The van der Waals surface area contributed by atoms with Gasteiger partial charge in [0.2, 0.25) is 5.89 Å². The Morgan fingerprint density at radius 2 is 1.94 bits per heavy atom. The van der Waals surface area contributed by atoms with Crippen LogP contribution in [0.1, 0.15) is 64.1 Å². The van der Waals surface area contributed by atoms with Gasteiger partial charge in [-0.2, -0.15) is 4.98 Å². The minimum atomic E-state index is -0.0362. The third kappa shape index (κ3) is 2.68. The SMILES string of the molecule is CNC1CCCCC1c1nc(C(C)(C)C)no1. The predicted molar refractivity (Wildman–Crippen MR) is 67.1 cm³/mol. The van der Waals surface area contributed by atoms with Gasteiger partial charge in [-0.3, -0.25) is 0 Å². The van der Waals surface area contributed by atoms with E-state index in [1.807, 2.05) is 7.05 Å². The van der Waals surface area contributed by atoms with Gasteiger partial charge in [0.05, 0.1) is 5.92 Å². The lowest BCUT2D eigenvalue weighted by molar-refractivity contribution is 0.268. The molecular weight excluding hydrogens is 214 g/mol. The molecule has 0 bridgehead atoms. The van der Waals surface area contributed by atoms with E-state index in [9.17, 15) is 0 Å². The Balaban J connectivity index is 2.18. The van der Waals surface area contributed by atoms with Crippen molar-refractivity contribution in [3.05, 3.63) is 11.7 Å². The maximum absolute atomic E-state index is 5.46. The molecular formula is C13H23N3O. The summed E-state index contributed by atoms with van der Waals surface area (Å²) in [6.07, 6.45) is 4.91. The van der Waals surface area contributed by atoms with Crippen LogP contribution in [0.4, 0.5) is 0 Å². The van der Waals surface area contributed by atoms with Gasteiger partial charge in [-0.1, -0.05) is 38.8 Å². The molecule has 1 N–H and O–H groups in total. The molecule has 0 saturated heterocycles. The highest BCUT2D eigenvalue weighted by atomic mass is 16.5. The van der Waals surface area contributed by atoms with Crippen molar-refractivity contribution in [3.63, 3.8) is 0 Å². The fraction of sp³-hybridized carbons (Fsp3) is 0.846. The Hall–Kier alpha value is -0.900. The second-order valence-corrected chi connectivity index (χ2v) is 5.99. The Labute approximate surface area is 103 Å². The summed E-state index contributed by atoms with van der Waals surface area (Å²) >= 11 is 0. The van der Waals surface area contributed by atoms with Crippen LogP contribution in [0.25, 0.3) is 0 Å². The van der Waals surface area contributed by atoms with Crippen LogP contribution in [0.5, 0.6) is 0 Å². The average molecular weight is 237 g/mol. The number of aromatic nitrogens is 2. The number of likely N-dealkylation sites (N-methyl/N-ethyl adjacent to an activating group) is 1. The monoisotopic (exact) mass is 237 g/mol. The van der Waals surface area contributed by atoms with E-state index >= 15 is 0 Å². The molecule has 0 spiro atoms. The molecule has 2 rings (SSSR count). The van der Waals surface area contributed by atoms with Crippen molar-refractivity contribution in [1.29, 1.82) is 0 Å². The van der Waals surface area contributed by atoms with Crippen LogP contribution in [0.2, 0.25) is 0 Å². The minimum absolute atomic E-state index is 0.0362. The first-order chi connectivity index (χ1) is 8.02. The van der Waals surface area contributed by atoms with Gasteiger partial charge in [0.15, 0.2) is 5.82 Å². The highest BCUT2D eigenvalue weighted by Gasteiger charge is 2.31. The van der Waals surface area contributed by atoms with Gasteiger partial charge in [0, 0.05) is 11.5 Å². The van der Waals surface area contributed by atoms with E-state index in [1.165, 1.54) is 19.3 Å². The maximum Gasteiger partial charge on any atom is 0.231 e. The molecule has 0 radical (unpaired) electrons. The van der Waals surface area contributed by atoms with Crippen molar-refractivity contribution in [2.24, 2.45) is 0 Å². The van der Waals surface area contributed by atoms with Gasteiger partial charge in [-0.25, -0.2) is 0 Å². The van der Waals surface area contributed by atoms with Crippen molar-refractivity contribution in [2.45, 2.75) is 63.8 Å². The van der Waals surface area contributed by atoms with Crippen LogP contribution in [-0.4, -0.2) is 23.2 Å². The second-order valence-electron chi connectivity index (χ2n) is 5.99. The van der Waals surface area contributed by atoms with Crippen LogP contribution in [0, 0.1) is 0 Å². The number of hydrogen-bond acceptors (Lipinski definition) is 4. The van der Waals surface area contributed by atoms with E-state index in [2.05, 4.69) is 36.2 Å². The third-order valence-corrected chi connectivity index (χ3v) is 3.57. The molecule has 0 aliphatic heterocycles.